The highest BCUT2D eigenvalue weighted by Gasteiger charge is 2.14. The Bertz CT molecular complexity index is 1130. The average Bonchev–Trinajstić information content (AvgIpc) is 3.28. The molecule has 0 saturated carbocycles. The molecule has 7 heteroatoms. The molecule has 0 aliphatic carbocycles. The van der Waals surface area contributed by atoms with Crippen molar-refractivity contribution in [3.8, 4) is 11.1 Å². The van der Waals surface area contributed by atoms with Gasteiger partial charge >= 0.3 is 0 Å². The lowest BCUT2D eigenvalue weighted by atomic mass is 10.0. The van der Waals surface area contributed by atoms with Crippen LogP contribution in [-0.2, 0) is 6.42 Å². The molecule has 0 fully saturated rings. The highest BCUT2D eigenvalue weighted by molar-refractivity contribution is 7.15. The monoisotopic (exact) mass is 391 g/mol. The summed E-state index contributed by atoms with van der Waals surface area (Å²) >= 11 is 1.65. The van der Waals surface area contributed by atoms with E-state index in [1.54, 1.807) is 17.5 Å². The number of hydrogen-bond donors (Lipinski definition) is 2. The van der Waals surface area contributed by atoms with E-state index < -0.39 is 5.91 Å². The van der Waals surface area contributed by atoms with E-state index in [1.807, 2.05) is 47.1 Å². The third kappa shape index (κ3) is 3.75. The number of primary amides is 1. The smallest absolute Gasteiger partial charge is 0.268 e. The van der Waals surface area contributed by atoms with Gasteiger partial charge in [0.2, 0.25) is 0 Å². The number of thiazole rings is 1. The van der Waals surface area contributed by atoms with Crippen molar-refractivity contribution >= 4 is 28.0 Å². The number of hydrogen-bond acceptors (Lipinski definition) is 5. The molecular formula is C21H21N5OS. The molecule has 0 unspecified atom stereocenters. The van der Waals surface area contributed by atoms with Crippen molar-refractivity contribution in [2.45, 2.75) is 26.3 Å². The van der Waals surface area contributed by atoms with Crippen molar-refractivity contribution in [3.05, 3.63) is 71.1 Å². The van der Waals surface area contributed by atoms with Crippen LogP contribution < -0.4 is 11.1 Å². The molecule has 0 aliphatic rings. The lowest BCUT2D eigenvalue weighted by molar-refractivity contribution is 0.0996. The number of pyridine rings is 1. The zero-order chi connectivity index (χ0) is 19.7. The molecule has 0 bridgehead atoms. The molecule has 1 amide bonds. The van der Waals surface area contributed by atoms with E-state index >= 15 is 0 Å². The van der Waals surface area contributed by atoms with E-state index in [1.165, 1.54) is 0 Å². The first-order valence-electron chi connectivity index (χ1n) is 9.07. The van der Waals surface area contributed by atoms with Gasteiger partial charge < -0.3 is 15.5 Å². The lowest BCUT2D eigenvalue weighted by Gasteiger charge is -2.08. The third-order valence-electron chi connectivity index (χ3n) is 4.29. The Hall–Kier alpha value is -3.19. The summed E-state index contributed by atoms with van der Waals surface area (Å²) in [7, 11) is 0. The summed E-state index contributed by atoms with van der Waals surface area (Å²) in [6.07, 6.45) is 6.34. The van der Waals surface area contributed by atoms with E-state index in [0.29, 0.717) is 6.04 Å². The summed E-state index contributed by atoms with van der Waals surface area (Å²) in [6, 6.07) is 12.5. The molecule has 0 aliphatic heterocycles. The largest absolute Gasteiger partial charge is 0.364 e. The van der Waals surface area contributed by atoms with Crippen molar-refractivity contribution in [2.75, 3.05) is 5.32 Å². The summed E-state index contributed by atoms with van der Waals surface area (Å²) in [5.41, 5.74) is 9.54. The van der Waals surface area contributed by atoms with Gasteiger partial charge in [-0.1, -0.05) is 30.3 Å². The number of nitrogens with zero attached hydrogens (tertiary/aromatic N) is 3. The number of anilines is 1. The fourth-order valence-corrected chi connectivity index (χ4v) is 4.10. The maximum absolute atomic E-state index is 11.6. The van der Waals surface area contributed by atoms with Gasteiger partial charge in [0, 0.05) is 41.5 Å². The number of carbonyl (C=O) groups excluding carboxylic acids is 1. The fraction of sp³-hybridized carbons (Fsp3) is 0.190. The minimum Gasteiger partial charge on any atom is -0.364 e. The summed E-state index contributed by atoms with van der Waals surface area (Å²) in [5, 5.41) is 4.26. The Balaban J connectivity index is 1.76. The zero-order valence-corrected chi connectivity index (χ0v) is 16.5. The molecule has 142 valence electrons. The number of amides is 1. The van der Waals surface area contributed by atoms with E-state index in [-0.39, 0.29) is 5.69 Å². The number of benzene rings is 1. The molecule has 3 aromatic heterocycles. The second-order valence-corrected chi connectivity index (χ2v) is 8.07. The van der Waals surface area contributed by atoms with Gasteiger partial charge in [-0.15, -0.1) is 11.3 Å². The summed E-state index contributed by atoms with van der Waals surface area (Å²) < 4.78 is 1.88. The number of carbonyl (C=O) groups is 1. The normalized spacial score (nSPS) is 11.2. The molecule has 6 nitrogen and oxygen atoms in total. The van der Waals surface area contributed by atoms with Gasteiger partial charge in [-0.05, 0) is 31.0 Å². The van der Waals surface area contributed by atoms with Crippen LogP contribution in [0.15, 0.2) is 55.0 Å². The number of nitrogens with two attached hydrogens (primary N) is 1. The van der Waals surface area contributed by atoms with Gasteiger partial charge in [0.25, 0.3) is 5.91 Å². The summed E-state index contributed by atoms with van der Waals surface area (Å²) in [6.45, 7) is 4.19. The number of imidazole rings is 1. The SMILES string of the molecule is CC(C)Nc1ncc(Cc2cc(-c3ccccc3)c3nc(C(N)=O)cn3c2)s1. The first kappa shape index (κ1) is 18.2. The lowest BCUT2D eigenvalue weighted by Crippen LogP contribution is -2.10. The van der Waals surface area contributed by atoms with E-state index in [4.69, 9.17) is 5.73 Å². The molecule has 1 aromatic carbocycles. The Kier molecular flexibility index (Phi) is 4.83. The number of aromatic nitrogens is 3. The predicted octanol–water partition coefficient (Wildman–Crippen LogP) is 3.97. The number of rotatable bonds is 6. The highest BCUT2D eigenvalue weighted by atomic mass is 32.1. The summed E-state index contributed by atoms with van der Waals surface area (Å²) in [4.78, 5) is 21.7. The van der Waals surface area contributed by atoms with E-state index in [2.05, 4.69) is 35.2 Å². The summed E-state index contributed by atoms with van der Waals surface area (Å²) in [5.74, 6) is -0.531. The minimum atomic E-state index is -0.531. The van der Waals surface area contributed by atoms with Gasteiger partial charge in [-0.25, -0.2) is 9.97 Å². The van der Waals surface area contributed by atoms with Gasteiger partial charge in [-0.3, -0.25) is 4.79 Å². The van der Waals surface area contributed by atoms with Crippen LogP contribution in [0.5, 0.6) is 0 Å². The van der Waals surface area contributed by atoms with E-state index in [0.717, 1.165) is 38.8 Å². The van der Waals surface area contributed by atoms with Crippen molar-refractivity contribution in [2.24, 2.45) is 5.73 Å². The Labute approximate surface area is 167 Å². The average molecular weight is 392 g/mol. The van der Waals surface area contributed by atoms with Crippen molar-refractivity contribution in [3.63, 3.8) is 0 Å². The van der Waals surface area contributed by atoms with Crippen molar-refractivity contribution in [1.82, 2.24) is 14.4 Å². The topological polar surface area (TPSA) is 85.3 Å². The maximum atomic E-state index is 11.6. The number of fused-ring (bicyclic) bond motifs is 1. The quantitative estimate of drug-likeness (QED) is 0.521. The second-order valence-electron chi connectivity index (χ2n) is 6.96. The number of nitrogens with one attached hydrogen (secondary N) is 1. The maximum Gasteiger partial charge on any atom is 0.268 e. The van der Waals surface area contributed by atoms with Crippen LogP contribution in [0.2, 0.25) is 0 Å². The Morgan fingerprint density at radius 3 is 2.75 bits per heavy atom. The van der Waals surface area contributed by atoms with Crippen LogP contribution in [0.3, 0.4) is 0 Å². The van der Waals surface area contributed by atoms with Crippen LogP contribution in [0.4, 0.5) is 5.13 Å². The molecule has 4 aromatic rings. The Morgan fingerprint density at radius 1 is 1.25 bits per heavy atom. The van der Waals surface area contributed by atoms with Gasteiger partial charge in [0.1, 0.15) is 11.3 Å². The molecule has 4 rings (SSSR count). The molecule has 3 N–H and O–H groups in total. The van der Waals surface area contributed by atoms with Crippen LogP contribution >= 0.6 is 11.3 Å². The van der Waals surface area contributed by atoms with Crippen LogP contribution in [-0.4, -0.2) is 26.3 Å². The molecular weight excluding hydrogens is 370 g/mol. The highest BCUT2D eigenvalue weighted by Crippen LogP contribution is 2.28. The molecule has 3 heterocycles. The fourth-order valence-electron chi connectivity index (χ4n) is 3.11. The first-order valence-corrected chi connectivity index (χ1v) is 9.89. The van der Waals surface area contributed by atoms with Crippen molar-refractivity contribution in [1.29, 1.82) is 0 Å². The van der Waals surface area contributed by atoms with Crippen LogP contribution in [0.1, 0.15) is 34.8 Å². The second kappa shape index (κ2) is 7.44. The van der Waals surface area contributed by atoms with Crippen LogP contribution in [0.25, 0.3) is 16.8 Å². The molecule has 0 radical (unpaired) electrons. The van der Waals surface area contributed by atoms with Gasteiger partial charge in [0.15, 0.2) is 5.13 Å². The molecule has 0 atom stereocenters. The molecule has 0 saturated heterocycles. The van der Waals surface area contributed by atoms with Crippen molar-refractivity contribution < 1.29 is 4.79 Å². The standard InChI is InChI=1S/C21H21N5OS/c1-13(2)24-21-23-10-16(28-21)8-14-9-17(15-6-4-3-5-7-15)20-25-18(19(22)27)12-26(20)11-14/h3-7,9-13H,8H2,1-2H3,(H2,22,27)(H,23,24). The minimum absolute atomic E-state index is 0.260. The van der Waals surface area contributed by atoms with E-state index in [9.17, 15) is 4.79 Å². The van der Waals surface area contributed by atoms with Gasteiger partial charge in [-0.2, -0.15) is 0 Å². The van der Waals surface area contributed by atoms with Crippen LogP contribution in [0, 0.1) is 0 Å². The zero-order valence-electron chi connectivity index (χ0n) is 15.7. The molecule has 28 heavy (non-hydrogen) atoms. The first-order chi connectivity index (χ1) is 13.5. The third-order valence-corrected chi connectivity index (χ3v) is 5.22. The van der Waals surface area contributed by atoms with Gasteiger partial charge in [0.05, 0.1) is 0 Å². The predicted molar refractivity (Wildman–Crippen MR) is 113 cm³/mol. The Morgan fingerprint density at radius 2 is 2.04 bits per heavy atom. The molecule has 0 spiro atoms.